The Balaban J connectivity index is 2.08. The van der Waals surface area contributed by atoms with Crippen molar-refractivity contribution in [1.29, 1.82) is 0 Å². The van der Waals surface area contributed by atoms with Gasteiger partial charge < -0.3 is 15.5 Å². The Bertz CT molecular complexity index is 606. The molecule has 0 saturated heterocycles. The fraction of sp³-hybridized carbons (Fsp3) is 0.0833. The molecule has 19 heavy (non-hydrogen) atoms. The van der Waals surface area contributed by atoms with Crippen LogP contribution < -0.4 is 5.32 Å². The number of rotatable bonds is 4. The summed E-state index contributed by atoms with van der Waals surface area (Å²) in [6.45, 7) is -0.0672. The molecule has 0 aliphatic rings. The molecule has 7 heteroatoms. The monoisotopic (exact) mass is 278 g/mol. The number of carbonyl (C=O) groups excluding carboxylic acids is 1. The first-order valence-corrected chi connectivity index (χ1v) is 6.18. The third-order valence-corrected chi connectivity index (χ3v) is 3.14. The van der Waals surface area contributed by atoms with E-state index < -0.39 is 11.9 Å². The maximum atomic E-state index is 11.8. The van der Waals surface area contributed by atoms with Crippen molar-refractivity contribution in [3.05, 3.63) is 45.9 Å². The lowest BCUT2D eigenvalue weighted by Crippen LogP contribution is -2.12. The molecule has 6 nitrogen and oxygen atoms in total. The zero-order valence-electron chi connectivity index (χ0n) is 9.66. The molecule has 2 aromatic rings. The molecule has 0 saturated carbocycles. The fourth-order valence-electron chi connectivity index (χ4n) is 1.36. The highest BCUT2D eigenvalue weighted by Gasteiger charge is 2.14. The number of anilines is 1. The fourth-order valence-corrected chi connectivity index (χ4v) is 2.00. The molecule has 1 aromatic heterocycles. The van der Waals surface area contributed by atoms with Gasteiger partial charge in [0.1, 0.15) is 5.69 Å². The van der Waals surface area contributed by atoms with Gasteiger partial charge in [-0.25, -0.2) is 9.78 Å². The minimum atomic E-state index is -1.16. The lowest BCUT2D eigenvalue weighted by molar-refractivity contribution is 0.0696. The van der Waals surface area contributed by atoms with Crippen LogP contribution in [-0.2, 0) is 6.61 Å². The third-order valence-electron chi connectivity index (χ3n) is 2.31. The van der Waals surface area contributed by atoms with E-state index in [2.05, 4.69) is 10.3 Å². The summed E-state index contributed by atoms with van der Waals surface area (Å²) in [4.78, 5) is 26.2. The number of nitrogens with zero attached hydrogens (tertiary/aromatic N) is 1. The molecule has 1 aromatic carbocycles. The zero-order chi connectivity index (χ0) is 13.8. The molecule has 0 atom stereocenters. The van der Waals surface area contributed by atoms with Gasteiger partial charge >= 0.3 is 5.97 Å². The molecular weight excluding hydrogens is 268 g/mol. The summed E-state index contributed by atoms with van der Waals surface area (Å²) in [7, 11) is 0. The summed E-state index contributed by atoms with van der Waals surface area (Å²) >= 11 is 0.898. The molecule has 0 spiro atoms. The molecule has 3 N–H and O–H groups in total. The summed E-state index contributed by atoms with van der Waals surface area (Å²) in [6.07, 6.45) is 0. The van der Waals surface area contributed by atoms with Crippen LogP contribution in [0.5, 0.6) is 0 Å². The van der Waals surface area contributed by atoms with E-state index in [4.69, 9.17) is 10.2 Å². The van der Waals surface area contributed by atoms with Crippen LogP contribution >= 0.6 is 11.3 Å². The van der Waals surface area contributed by atoms with Crippen molar-refractivity contribution in [3.63, 3.8) is 0 Å². The predicted octanol–water partition coefficient (Wildman–Crippen LogP) is 1.59. The van der Waals surface area contributed by atoms with Crippen molar-refractivity contribution in [2.45, 2.75) is 6.61 Å². The van der Waals surface area contributed by atoms with Crippen LogP contribution in [0.1, 0.15) is 25.9 Å². The summed E-state index contributed by atoms with van der Waals surface area (Å²) in [5.41, 5.74) is 1.35. The molecule has 0 fully saturated rings. The van der Waals surface area contributed by atoms with Crippen molar-refractivity contribution in [2.75, 3.05) is 5.32 Å². The number of carboxylic acid groups (broad SMARTS) is 1. The van der Waals surface area contributed by atoms with E-state index in [1.165, 1.54) is 5.38 Å². The number of aromatic nitrogens is 1. The SMILES string of the molecule is O=C(Nc1ccc(CO)cc1)c1csc(C(=O)O)n1. The van der Waals surface area contributed by atoms with E-state index in [1.54, 1.807) is 24.3 Å². The number of nitrogens with one attached hydrogen (secondary N) is 1. The van der Waals surface area contributed by atoms with Gasteiger partial charge in [-0.05, 0) is 17.7 Å². The standard InChI is InChI=1S/C12H10N2O4S/c15-5-7-1-3-8(4-2-7)13-10(16)9-6-19-11(14-9)12(17)18/h1-4,6,15H,5H2,(H,13,16)(H,17,18). The minimum absolute atomic E-state index is 0.0636. The number of hydrogen-bond acceptors (Lipinski definition) is 5. The van der Waals surface area contributed by atoms with Gasteiger partial charge in [0.2, 0.25) is 5.01 Å². The third kappa shape index (κ3) is 3.15. The molecule has 98 valence electrons. The van der Waals surface area contributed by atoms with Crippen LogP contribution in [0.15, 0.2) is 29.6 Å². The van der Waals surface area contributed by atoms with E-state index in [0.29, 0.717) is 5.69 Å². The Morgan fingerprint density at radius 1 is 1.26 bits per heavy atom. The minimum Gasteiger partial charge on any atom is -0.476 e. The molecule has 1 heterocycles. The normalized spacial score (nSPS) is 10.2. The van der Waals surface area contributed by atoms with Gasteiger partial charge in [0.05, 0.1) is 6.61 Å². The van der Waals surface area contributed by atoms with Crippen LogP contribution in [0.25, 0.3) is 0 Å². The van der Waals surface area contributed by atoms with Crippen molar-refractivity contribution in [1.82, 2.24) is 4.98 Å². The molecule has 2 rings (SSSR count). The Labute approximate surface area is 112 Å². The number of thiazole rings is 1. The highest BCUT2D eigenvalue weighted by atomic mass is 32.1. The van der Waals surface area contributed by atoms with Crippen LogP contribution in [0.4, 0.5) is 5.69 Å². The van der Waals surface area contributed by atoms with Crippen LogP contribution in [0, 0.1) is 0 Å². The zero-order valence-corrected chi connectivity index (χ0v) is 10.5. The van der Waals surface area contributed by atoms with Gasteiger partial charge in [0, 0.05) is 11.1 Å². The smallest absolute Gasteiger partial charge is 0.365 e. The number of aliphatic hydroxyl groups excluding tert-OH is 1. The lowest BCUT2D eigenvalue weighted by Gasteiger charge is -2.03. The van der Waals surface area contributed by atoms with Gasteiger partial charge in [0.15, 0.2) is 0 Å². The van der Waals surface area contributed by atoms with Gasteiger partial charge in [0.25, 0.3) is 5.91 Å². The van der Waals surface area contributed by atoms with Crippen molar-refractivity contribution < 1.29 is 19.8 Å². The highest BCUT2D eigenvalue weighted by molar-refractivity contribution is 7.11. The summed E-state index contributed by atoms with van der Waals surface area (Å²) < 4.78 is 0. The maximum Gasteiger partial charge on any atom is 0.365 e. The van der Waals surface area contributed by atoms with E-state index in [-0.39, 0.29) is 17.3 Å². The van der Waals surface area contributed by atoms with E-state index in [9.17, 15) is 9.59 Å². The number of carbonyl (C=O) groups is 2. The second kappa shape index (κ2) is 5.59. The average Bonchev–Trinajstić information content (AvgIpc) is 2.89. The van der Waals surface area contributed by atoms with Crippen LogP contribution in [0.2, 0.25) is 0 Å². The average molecular weight is 278 g/mol. The van der Waals surface area contributed by atoms with E-state index in [1.807, 2.05) is 0 Å². The molecule has 0 unspecified atom stereocenters. The molecular formula is C12H10N2O4S. The number of benzene rings is 1. The largest absolute Gasteiger partial charge is 0.476 e. The topological polar surface area (TPSA) is 99.5 Å². The van der Waals surface area contributed by atoms with Gasteiger partial charge in [-0.3, -0.25) is 4.79 Å². The van der Waals surface area contributed by atoms with Crippen molar-refractivity contribution >= 4 is 28.9 Å². The number of carboxylic acids is 1. The summed E-state index contributed by atoms with van der Waals surface area (Å²) in [6, 6.07) is 6.65. The van der Waals surface area contributed by atoms with Gasteiger partial charge in [-0.2, -0.15) is 0 Å². The Hall–Kier alpha value is -2.25. The number of aromatic carboxylic acids is 1. The van der Waals surface area contributed by atoms with Crippen LogP contribution in [0.3, 0.4) is 0 Å². The Morgan fingerprint density at radius 2 is 1.95 bits per heavy atom. The van der Waals surface area contributed by atoms with Crippen molar-refractivity contribution in [2.24, 2.45) is 0 Å². The van der Waals surface area contributed by atoms with Crippen molar-refractivity contribution in [3.8, 4) is 0 Å². The van der Waals surface area contributed by atoms with E-state index in [0.717, 1.165) is 16.9 Å². The molecule has 0 aliphatic carbocycles. The van der Waals surface area contributed by atoms with Crippen LogP contribution in [-0.4, -0.2) is 27.1 Å². The number of hydrogen-bond donors (Lipinski definition) is 3. The summed E-state index contributed by atoms with van der Waals surface area (Å²) in [5.74, 6) is -1.63. The Morgan fingerprint density at radius 3 is 2.47 bits per heavy atom. The molecule has 1 amide bonds. The quantitative estimate of drug-likeness (QED) is 0.788. The van der Waals surface area contributed by atoms with Gasteiger partial charge in [-0.1, -0.05) is 12.1 Å². The molecule has 0 radical (unpaired) electrons. The molecule has 0 aliphatic heterocycles. The predicted molar refractivity (Wildman–Crippen MR) is 69.4 cm³/mol. The second-order valence-corrected chi connectivity index (χ2v) is 4.51. The first-order chi connectivity index (χ1) is 9.10. The first-order valence-electron chi connectivity index (χ1n) is 5.30. The maximum absolute atomic E-state index is 11.8. The lowest BCUT2D eigenvalue weighted by atomic mass is 10.2. The Kier molecular flexibility index (Phi) is 3.88. The number of amides is 1. The summed E-state index contributed by atoms with van der Waals surface area (Å²) in [5, 5.41) is 21.5. The molecule has 0 bridgehead atoms. The second-order valence-electron chi connectivity index (χ2n) is 3.65. The first kappa shape index (κ1) is 13.2. The highest BCUT2D eigenvalue weighted by Crippen LogP contribution is 2.13. The van der Waals surface area contributed by atoms with E-state index >= 15 is 0 Å². The van der Waals surface area contributed by atoms with Gasteiger partial charge in [-0.15, -0.1) is 11.3 Å². The number of aliphatic hydroxyl groups is 1.